The van der Waals surface area contributed by atoms with Crippen LogP contribution in [0.5, 0.6) is 0 Å². The van der Waals surface area contributed by atoms with Gasteiger partial charge >= 0.3 is 0 Å². The lowest BCUT2D eigenvalue weighted by molar-refractivity contribution is 0.679. The highest BCUT2D eigenvalue weighted by molar-refractivity contribution is 7.91. The first-order valence-electron chi connectivity index (χ1n) is 3.10. The average Bonchev–Trinajstić information content (AvgIpc) is 1.86. The van der Waals surface area contributed by atoms with Crippen molar-refractivity contribution >= 4 is 15.4 Å². The van der Waals surface area contributed by atoms with Gasteiger partial charge in [-0.2, -0.15) is 0 Å². The summed E-state index contributed by atoms with van der Waals surface area (Å²) in [6.07, 6.45) is 1.36. The van der Waals surface area contributed by atoms with Crippen molar-refractivity contribution in [1.82, 2.24) is 0 Å². The standard InChI is InChI=1S/C7H10N2OS/c1-11(9,10)7-5-3-2-4-6(7)8/h2-5,9H,8H2,1H3. The van der Waals surface area contributed by atoms with Gasteiger partial charge in [-0.25, -0.2) is 8.99 Å². The maximum absolute atomic E-state index is 11.2. The van der Waals surface area contributed by atoms with E-state index in [4.69, 9.17) is 10.5 Å². The molecule has 0 aliphatic carbocycles. The van der Waals surface area contributed by atoms with Gasteiger partial charge < -0.3 is 5.73 Å². The van der Waals surface area contributed by atoms with Crippen molar-refractivity contribution in [3.05, 3.63) is 24.3 Å². The number of nitrogens with two attached hydrogens (primary N) is 1. The lowest BCUT2D eigenvalue weighted by atomic mass is 10.3. The molecule has 0 aliphatic rings. The van der Waals surface area contributed by atoms with E-state index >= 15 is 0 Å². The second-order valence-corrected chi connectivity index (χ2v) is 4.51. The van der Waals surface area contributed by atoms with Gasteiger partial charge in [0.25, 0.3) is 0 Å². The molecule has 0 fully saturated rings. The quantitative estimate of drug-likeness (QED) is 0.624. The van der Waals surface area contributed by atoms with Crippen LogP contribution in [0.25, 0.3) is 0 Å². The molecule has 1 aromatic carbocycles. The van der Waals surface area contributed by atoms with Gasteiger partial charge in [0.15, 0.2) is 0 Å². The first-order valence-corrected chi connectivity index (χ1v) is 5.07. The minimum atomic E-state index is -2.66. The van der Waals surface area contributed by atoms with Crippen molar-refractivity contribution in [3.8, 4) is 0 Å². The first-order chi connectivity index (χ1) is 5.02. The van der Waals surface area contributed by atoms with Gasteiger partial charge in [0, 0.05) is 11.9 Å². The highest BCUT2D eigenvalue weighted by Gasteiger charge is 2.04. The summed E-state index contributed by atoms with van der Waals surface area (Å²) >= 11 is 0. The summed E-state index contributed by atoms with van der Waals surface area (Å²) in [5, 5.41) is 0. The SMILES string of the molecule is CS(=N)(=O)c1ccccc1N. The molecule has 3 nitrogen and oxygen atoms in total. The molecule has 0 aromatic heterocycles. The Balaban J connectivity index is 3.37. The fourth-order valence-corrected chi connectivity index (χ4v) is 1.69. The summed E-state index contributed by atoms with van der Waals surface area (Å²) in [4.78, 5) is 0.417. The molecule has 1 aromatic rings. The average molecular weight is 170 g/mol. The second-order valence-electron chi connectivity index (χ2n) is 2.38. The Bertz CT molecular complexity index is 356. The van der Waals surface area contributed by atoms with E-state index in [9.17, 15) is 4.21 Å². The predicted molar refractivity (Wildman–Crippen MR) is 45.9 cm³/mol. The van der Waals surface area contributed by atoms with Gasteiger partial charge in [0.05, 0.1) is 14.6 Å². The summed E-state index contributed by atoms with van der Waals surface area (Å²) < 4.78 is 18.5. The number of rotatable bonds is 1. The van der Waals surface area contributed by atoms with Crippen LogP contribution in [0.3, 0.4) is 0 Å². The molecule has 60 valence electrons. The third-order valence-corrected chi connectivity index (χ3v) is 2.55. The Morgan fingerprint density at radius 2 is 2.00 bits per heavy atom. The van der Waals surface area contributed by atoms with Crippen LogP contribution in [0.15, 0.2) is 29.2 Å². The van der Waals surface area contributed by atoms with Crippen LogP contribution in [0, 0.1) is 4.78 Å². The summed E-state index contributed by atoms with van der Waals surface area (Å²) in [6.45, 7) is 0. The zero-order chi connectivity index (χ0) is 8.48. The molecule has 0 aliphatic heterocycles. The molecular formula is C7H10N2OS. The summed E-state index contributed by atoms with van der Waals surface area (Å²) in [6, 6.07) is 6.74. The zero-order valence-electron chi connectivity index (χ0n) is 6.20. The zero-order valence-corrected chi connectivity index (χ0v) is 7.02. The van der Waals surface area contributed by atoms with E-state index in [2.05, 4.69) is 0 Å². The van der Waals surface area contributed by atoms with Gasteiger partial charge in [-0.05, 0) is 12.1 Å². The Labute approximate surface area is 66.2 Å². The molecule has 0 amide bonds. The van der Waals surface area contributed by atoms with Crippen LogP contribution in [-0.4, -0.2) is 10.5 Å². The van der Waals surface area contributed by atoms with E-state index in [1.165, 1.54) is 6.26 Å². The van der Waals surface area contributed by atoms with Crippen LogP contribution in [0.4, 0.5) is 5.69 Å². The van der Waals surface area contributed by atoms with Gasteiger partial charge in [-0.3, -0.25) is 0 Å². The lowest BCUT2D eigenvalue weighted by Gasteiger charge is -2.03. The fraction of sp³-hybridized carbons (Fsp3) is 0.143. The molecule has 1 unspecified atom stereocenters. The Morgan fingerprint density at radius 3 is 2.36 bits per heavy atom. The largest absolute Gasteiger partial charge is 0.398 e. The number of benzene rings is 1. The summed E-state index contributed by atoms with van der Waals surface area (Å²) in [7, 11) is -2.66. The molecule has 0 heterocycles. The van der Waals surface area contributed by atoms with Crippen molar-refractivity contribution in [3.63, 3.8) is 0 Å². The van der Waals surface area contributed by atoms with E-state index in [0.717, 1.165) is 0 Å². The van der Waals surface area contributed by atoms with Crippen LogP contribution in [0.2, 0.25) is 0 Å². The van der Waals surface area contributed by atoms with Gasteiger partial charge in [0.1, 0.15) is 0 Å². The third kappa shape index (κ3) is 1.71. The molecule has 3 N–H and O–H groups in total. The highest BCUT2D eigenvalue weighted by Crippen LogP contribution is 2.16. The minimum absolute atomic E-state index is 0.417. The predicted octanol–water partition coefficient (Wildman–Crippen LogP) is 1.30. The number of hydrogen-bond acceptors (Lipinski definition) is 3. The Morgan fingerprint density at radius 1 is 1.45 bits per heavy atom. The monoisotopic (exact) mass is 170 g/mol. The van der Waals surface area contributed by atoms with Crippen LogP contribution >= 0.6 is 0 Å². The molecular weight excluding hydrogens is 160 g/mol. The van der Waals surface area contributed by atoms with Crippen molar-refractivity contribution in [2.75, 3.05) is 12.0 Å². The summed E-state index contributed by atoms with van der Waals surface area (Å²) in [5.74, 6) is 0. The Hall–Kier alpha value is -1.03. The van der Waals surface area contributed by atoms with Crippen molar-refractivity contribution in [2.24, 2.45) is 0 Å². The molecule has 4 heteroatoms. The minimum Gasteiger partial charge on any atom is -0.398 e. The molecule has 0 spiro atoms. The number of hydrogen-bond donors (Lipinski definition) is 2. The van der Waals surface area contributed by atoms with E-state index < -0.39 is 9.73 Å². The maximum atomic E-state index is 11.2. The van der Waals surface area contributed by atoms with Crippen molar-refractivity contribution in [1.29, 1.82) is 4.78 Å². The van der Waals surface area contributed by atoms with E-state index in [1.54, 1.807) is 24.3 Å². The van der Waals surface area contributed by atoms with Crippen molar-refractivity contribution in [2.45, 2.75) is 4.90 Å². The normalized spacial score (nSPS) is 15.7. The second kappa shape index (κ2) is 2.54. The van der Waals surface area contributed by atoms with E-state index in [0.29, 0.717) is 10.6 Å². The topological polar surface area (TPSA) is 66.9 Å². The van der Waals surface area contributed by atoms with Gasteiger partial charge in [-0.1, -0.05) is 12.1 Å². The molecule has 11 heavy (non-hydrogen) atoms. The van der Waals surface area contributed by atoms with Gasteiger partial charge in [0.2, 0.25) is 0 Å². The number of anilines is 1. The van der Waals surface area contributed by atoms with E-state index in [-0.39, 0.29) is 0 Å². The summed E-state index contributed by atoms with van der Waals surface area (Å²) in [5.41, 5.74) is 5.93. The van der Waals surface area contributed by atoms with Crippen LogP contribution in [-0.2, 0) is 9.73 Å². The smallest absolute Gasteiger partial charge is 0.0717 e. The molecule has 1 atom stereocenters. The Kier molecular flexibility index (Phi) is 1.87. The molecule has 1 rings (SSSR count). The fourth-order valence-electron chi connectivity index (χ4n) is 0.835. The van der Waals surface area contributed by atoms with Crippen molar-refractivity contribution < 1.29 is 4.21 Å². The lowest BCUT2D eigenvalue weighted by Crippen LogP contribution is -1.99. The molecule has 0 radical (unpaired) electrons. The van der Waals surface area contributed by atoms with E-state index in [1.807, 2.05) is 0 Å². The maximum Gasteiger partial charge on any atom is 0.0717 e. The van der Waals surface area contributed by atoms with Crippen LogP contribution < -0.4 is 5.73 Å². The molecule has 0 bridgehead atoms. The first kappa shape index (κ1) is 8.07. The number of nitrogens with one attached hydrogen (secondary N) is 1. The molecule has 0 saturated heterocycles. The number of para-hydroxylation sites is 1. The van der Waals surface area contributed by atoms with Crippen LogP contribution in [0.1, 0.15) is 0 Å². The molecule has 0 saturated carbocycles. The van der Waals surface area contributed by atoms with Gasteiger partial charge in [-0.15, -0.1) is 0 Å². The third-order valence-electron chi connectivity index (χ3n) is 1.34. The number of nitrogen functional groups attached to an aromatic ring is 1. The highest BCUT2D eigenvalue weighted by atomic mass is 32.2.